The minimum atomic E-state index is -0.254. The highest BCUT2D eigenvalue weighted by atomic mass is 35.5. The van der Waals surface area contributed by atoms with E-state index in [1.807, 2.05) is 45.2 Å². The van der Waals surface area contributed by atoms with Crippen LogP contribution < -0.4 is 15.5 Å². The predicted octanol–water partition coefficient (Wildman–Crippen LogP) is 2.89. The molecule has 2 aromatic rings. The third-order valence-electron chi connectivity index (χ3n) is 4.40. The number of benzene rings is 2. The molecule has 0 spiro atoms. The van der Waals surface area contributed by atoms with Gasteiger partial charge in [0.1, 0.15) is 0 Å². The van der Waals surface area contributed by atoms with Crippen molar-refractivity contribution in [2.45, 2.75) is 26.3 Å². The van der Waals surface area contributed by atoms with Gasteiger partial charge in [0.2, 0.25) is 0 Å². The van der Waals surface area contributed by atoms with Gasteiger partial charge in [-0.1, -0.05) is 54.4 Å². The quantitative estimate of drug-likeness (QED) is 0.612. The number of aryl methyl sites for hydroxylation is 1. The second-order valence-electron chi connectivity index (χ2n) is 6.82. The van der Waals surface area contributed by atoms with Crippen LogP contribution in [0.1, 0.15) is 31.0 Å². The summed E-state index contributed by atoms with van der Waals surface area (Å²) in [6.45, 7) is 4.28. The zero-order valence-corrected chi connectivity index (χ0v) is 17.8. The highest BCUT2D eigenvalue weighted by Crippen LogP contribution is 2.25. The van der Waals surface area contributed by atoms with Crippen LogP contribution in [0.25, 0.3) is 0 Å². The molecule has 5 nitrogen and oxygen atoms in total. The normalized spacial score (nSPS) is 12.9. The molecule has 2 aromatic carbocycles. The SMILES string of the molecule is CCc1ccccc1NC(=O)C[NH+](C)CC(=O)N[C@@H](C)c1ccc(Cl)cc1Cl. The number of nitrogens with one attached hydrogen (secondary N) is 3. The van der Waals surface area contributed by atoms with Gasteiger partial charge in [0.25, 0.3) is 11.8 Å². The van der Waals surface area contributed by atoms with Crippen molar-refractivity contribution in [1.29, 1.82) is 0 Å². The Morgan fingerprint density at radius 1 is 1.07 bits per heavy atom. The van der Waals surface area contributed by atoms with Crippen molar-refractivity contribution in [1.82, 2.24) is 5.32 Å². The largest absolute Gasteiger partial charge is 0.345 e. The number of hydrogen-bond donors (Lipinski definition) is 3. The molecule has 7 heteroatoms. The van der Waals surface area contributed by atoms with Gasteiger partial charge in [-0.25, -0.2) is 0 Å². The molecule has 0 bridgehead atoms. The topological polar surface area (TPSA) is 62.6 Å². The lowest BCUT2D eigenvalue weighted by Crippen LogP contribution is -3.11. The Labute approximate surface area is 176 Å². The Kier molecular flexibility index (Phi) is 8.30. The Hall–Kier alpha value is -2.08. The van der Waals surface area contributed by atoms with E-state index in [1.54, 1.807) is 18.2 Å². The maximum Gasteiger partial charge on any atom is 0.279 e. The van der Waals surface area contributed by atoms with Crippen LogP contribution >= 0.6 is 23.2 Å². The minimum absolute atomic E-state index is 0.125. The van der Waals surface area contributed by atoms with E-state index in [4.69, 9.17) is 23.2 Å². The second kappa shape index (κ2) is 10.5. The number of carbonyl (C=O) groups excluding carboxylic acids is 2. The number of amides is 2. The molecular weight excluding hydrogens is 397 g/mol. The van der Waals surface area contributed by atoms with Crippen LogP contribution in [0.2, 0.25) is 10.0 Å². The predicted molar refractivity (Wildman–Crippen MR) is 114 cm³/mol. The first kappa shape index (κ1) is 22.2. The molecule has 0 fully saturated rings. The first-order chi connectivity index (χ1) is 13.3. The van der Waals surface area contributed by atoms with E-state index in [2.05, 4.69) is 10.6 Å². The van der Waals surface area contributed by atoms with Gasteiger partial charge in [-0.15, -0.1) is 0 Å². The molecule has 0 saturated heterocycles. The minimum Gasteiger partial charge on any atom is -0.345 e. The fourth-order valence-corrected chi connectivity index (χ4v) is 3.55. The van der Waals surface area contributed by atoms with Crippen LogP contribution in [0.15, 0.2) is 42.5 Å². The van der Waals surface area contributed by atoms with Gasteiger partial charge < -0.3 is 15.5 Å². The third kappa shape index (κ3) is 6.51. The first-order valence-corrected chi connectivity index (χ1v) is 9.99. The summed E-state index contributed by atoms with van der Waals surface area (Å²) in [7, 11) is 1.81. The van der Waals surface area contributed by atoms with E-state index in [0.29, 0.717) is 10.0 Å². The second-order valence-corrected chi connectivity index (χ2v) is 7.67. The van der Waals surface area contributed by atoms with E-state index in [1.165, 1.54) is 0 Å². The standard InChI is InChI=1S/C21H25Cl2N3O2/c1-4-15-7-5-6-8-19(15)25-21(28)13-26(3)12-20(27)24-14(2)17-10-9-16(22)11-18(17)23/h5-11,14H,4,12-13H2,1-3H3,(H,24,27)(H,25,28)/p+1/t14-/m0/s1. The van der Waals surface area contributed by atoms with Crippen molar-refractivity contribution in [3.63, 3.8) is 0 Å². The maximum absolute atomic E-state index is 12.3. The van der Waals surface area contributed by atoms with Gasteiger partial charge in [-0.2, -0.15) is 0 Å². The van der Waals surface area contributed by atoms with Gasteiger partial charge in [-0.05, 0) is 42.7 Å². The molecule has 0 aliphatic heterocycles. The smallest absolute Gasteiger partial charge is 0.279 e. The molecule has 0 saturated carbocycles. The van der Waals surface area contributed by atoms with Gasteiger partial charge in [0, 0.05) is 15.7 Å². The summed E-state index contributed by atoms with van der Waals surface area (Å²) in [6.07, 6.45) is 0.840. The number of anilines is 1. The van der Waals surface area contributed by atoms with Crippen molar-refractivity contribution in [3.05, 3.63) is 63.6 Å². The summed E-state index contributed by atoms with van der Waals surface area (Å²) in [5.41, 5.74) is 2.70. The molecule has 2 amide bonds. The van der Waals surface area contributed by atoms with Gasteiger partial charge in [-0.3, -0.25) is 9.59 Å². The van der Waals surface area contributed by atoms with Gasteiger partial charge in [0.05, 0.1) is 13.1 Å². The molecule has 3 N–H and O–H groups in total. The molecule has 2 rings (SSSR count). The molecule has 0 aromatic heterocycles. The average Bonchev–Trinajstić information content (AvgIpc) is 2.61. The highest BCUT2D eigenvalue weighted by Gasteiger charge is 2.18. The monoisotopic (exact) mass is 422 g/mol. The van der Waals surface area contributed by atoms with Crippen molar-refractivity contribution >= 4 is 40.7 Å². The molecular formula is C21H26Cl2N3O2+. The van der Waals surface area contributed by atoms with Gasteiger partial charge in [0.15, 0.2) is 13.1 Å². The Morgan fingerprint density at radius 2 is 1.75 bits per heavy atom. The molecule has 150 valence electrons. The van der Waals surface area contributed by atoms with Crippen LogP contribution in [0.5, 0.6) is 0 Å². The number of hydrogen-bond acceptors (Lipinski definition) is 2. The van der Waals surface area contributed by atoms with E-state index in [9.17, 15) is 9.59 Å². The molecule has 0 radical (unpaired) electrons. The Morgan fingerprint density at radius 3 is 2.43 bits per heavy atom. The van der Waals surface area contributed by atoms with Crippen molar-refractivity contribution < 1.29 is 14.5 Å². The molecule has 0 heterocycles. The third-order valence-corrected chi connectivity index (χ3v) is 4.97. The van der Waals surface area contributed by atoms with E-state index >= 15 is 0 Å². The summed E-state index contributed by atoms with van der Waals surface area (Å²) in [4.78, 5) is 25.4. The lowest BCUT2D eigenvalue weighted by molar-refractivity contribution is -0.862. The van der Waals surface area contributed by atoms with Crippen molar-refractivity contribution in [2.24, 2.45) is 0 Å². The zero-order chi connectivity index (χ0) is 20.7. The number of quaternary nitrogens is 1. The summed E-state index contributed by atoms with van der Waals surface area (Å²) < 4.78 is 0. The number of para-hydroxylation sites is 1. The summed E-state index contributed by atoms with van der Waals surface area (Å²) in [5.74, 6) is -0.280. The van der Waals surface area contributed by atoms with E-state index in [0.717, 1.165) is 28.1 Å². The molecule has 28 heavy (non-hydrogen) atoms. The molecule has 1 unspecified atom stereocenters. The van der Waals surface area contributed by atoms with Crippen LogP contribution in [0.3, 0.4) is 0 Å². The lowest BCUT2D eigenvalue weighted by Gasteiger charge is -2.18. The Balaban J connectivity index is 1.85. The number of carbonyl (C=O) groups is 2. The first-order valence-electron chi connectivity index (χ1n) is 9.23. The number of likely N-dealkylation sites (N-methyl/N-ethyl adjacent to an activating group) is 1. The van der Waals surface area contributed by atoms with Crippen molar-refractivity contribution in [3.8, 4) is 0 Å². The van der Waals surface area contributed by atoms with Gasteiger partial charge >= 0.3 is 0 Å². The average molecular weight is 423 g/mol. The van der Waals surface area contributed by atoms with Crippen LogP contribution in [0, 0.1) is 0 Å². The zero-order valence-electron chi connectivity index (χ0n) is 16.3. The summed E-state index contributed by atoms with van der Waals surface area (Å²) >= 11 is 12.1. The maximum atomic E-state index is 12.3. The molecule has 0 aliphatic carbocycles. The fraction of sp³-hybridized carbons (Fsp3) is 0.333. The Bertz CT molecular complexity index is 842. The lowest BCUT2D eigenvalue weighted by atomic mass is 10.1. The van der Waals surface area contributed by atoms with E-state index in [-0.39, 0.29) is 30.9 Å². The number of halogens is 2. The fourth-order valence-electron chi connectivity index (χ4n) is 2.98. The van der Waals surface area contributed by atoms with Crippen LogP contribution in [-0.2, 0) is 16.0 Å². The van der Waals surface area contributed by atoms with Crippen LogP contribution in [-0.4, -0.2) is 32.0 Å². The molecule has 0 aliphatic rings. The van der Waals surface area contributed by atoms with Crippen molar-refractivity contribution in [2.75, 3.05) is 25.5 Å². The highest BCUT2D eigenvalue weighted by molar-refractivity contribution is 6.35. The summed E-state index contributed by atoms with van der Waals surface area (Å²) in [6, 6.07) is 12.6. The van der Waals surface area contributed by atoms with Crippen LogP contribution in [0.4, 0.5) is 5.69 Å². The number of rotatable bonds is 8. The summed E-state index contributed by atoms with van der Waals surface area (Å²) in [5, 5.41) is 6.89. The van der Waals surface area contributed by atoms with E-state index < -0.39 is 0 Å². The molecule has 2 atom stereocenters.